The number of unbranched alkanes of at least 4 members (excludes halogenated alkanes) is 1. The van der Waals surface area contributed by atoms with Gasteiger partial charge in [0.25, 0.3) is 0 Å². The van der Waals surface area contributed by atoms with Crippen molar-refractivity contribution >= 4 is 0 Å². The molecule has 0 saturated carbocycles. The average Bonchev–Trinajstić information content (AvgIpc) is 2.31. The lowest BCUT2D eigenvalue weighted by atomic mass is 9.90. The minimum atomic E-state index is -0.175. The molecule has 0 aliphatic carbocycles. The Balaban J connectivity index is 3.31. The van der Waals surface area contributed by atoms with E-state index in [1.807, 2.05) is 6.92 Å². The molecule has 0 aliphatic rings. The first-order valence-electron chi connectivity index (χ1n) is 7.89. The van der Waals surface area contributed by atoms with E-state index in [0.717, 1.165) is 32.5 Å². The Morgan fingerprint density at radius 3 is 2.11 bits per heavy atom. The van der Waals surface area contributed by atoms with Crippen LogP contribution < -0.4 is 0 Å². The van der Waals surface area contributed by atoms with Crippen molar-refractivity contribution in [3.8, 4) is 0 Å². The average molecular weight is 274 g/mol. The molecule has 0 heterocycles. The smallest absolute Gasteiger partial charge is 0.146 e. The predicted molar refractivity (Wildman–Crippen MR) is 80.2 cm³/mol. The summed E-state index contributed by atoms with van der Waals surface area (Å²) in [6.45, 7) is 10.6. The number of aliphatic hydroxyl groups excluding tert-OH is 1. The van der Waals surface area contributed by atoms with Gasteiger partial charge in [-0.3, -0.25) is 0 Å². The van der Waals surface area contributed by atoms with Crippen LogP contribution in [0.4, 0.5) is 0 Å². The molecule has 0 saturated heterocycles. The van der Waals surface area contributed by atoms with Gasteiger partial charge in [-0.2, -0.15) is 0 Å². The molecular formula is C16H34O3. The highest BCUT2D eigenvalue weighted by Gasteiger charge is 2.10. The summed E-state index contributed by atoms with van der Waals surface area (Å²) in [5, 5.41) is 9.34. The van der Waals surface area contributed by atoms with Crippen molar-refractivity contribution in [2.45, 2.75) is 72.3 Å². The Morgan fingerprint density at radius 2 is 1.53 bits per heavy atom. The van der Waals surface area contributed by atoms with Gasteiger partial charge in [-0.25, -0.2) is 0 Å². The molecule has 0 spiro atoms. The molecule has 3 heteroatoms. The second-order valence-corrected chi connectivity index (χ2v) is 5.96. The molecule has 3 nitrogen and oxygen atoms in total. The zero-order valence-corrected chi connectivity index (χ0v) is 13.4. The number of hydrogen-bond donors (Lipinski definition) is 1. The van der Waals surface area contributed by atoms with Crippen molar-refractivity contribution in [2.24, 2.45) is 11.8 Å². The summed E-state index contributed by atoms with van der Waals surface area (Å²) in [6.07, 6.45) is 6.50. The lowest BCUT2D eigenvalue weighted by molar-refractivity contribution is -0.0558. The Kier molecular flexibility index (Phi) is 12.8. The summed E-state index contributed by atoms with van der Waals surface area (Å²) in [7, 11) is 0. The van der Waals surface area contributed by atoms with E-state index < -0.39 is 0 Å². The summed E-state index contributed by atoms with van der Waals surface area (Å²) >= 11 is 0. The molecule has 0 rings (SSSR count). The topological polar surface area (TPSA) is 38.7 Å². The summed E-state index contributed by atoms with van der Waals surface area (Å²) < 4.78 is 10.8. The maximum absolute atomic E-state index is 9.34. The predicted octanol–water partition coefficient (Wildman–Crippen LogP) is 3.99. The first kappa shape index (κ1) is 18.9. The van der Waals surface area contributed by atoms with Gasteiger partial charge < -0.3 is 14.6 Å². The molecule has 0 aromatic carbocycles. The Labute approximate surface area is 119 Å². The van der Waals surface area contributed by atoms with Gasteiger partial charge in [0.2, 0.25) is 0 Å². The quantitative estimate of drug-likeness (QED) is 0.408. The van der Waals surface area contributed by atoms with Crippen molar-refractivity contribution < 1.29 is 14.6 Å². The first-order valence-corrected chi connectivity index (χ1v) is 7.89. The highest BCUT2D eigenvalue weighted by molar-refractivity contribution is 4.62. The molecule has 0 radical (unpaired) electrons. The van der Waals surface area contributed by atoms with E-state index in [1.54, 1.807) is 0 Å². The molecule has 3 unspecified atom stereocenters. The van der Waals surface area contributed by atoms with Crippen LogP contribution in [0, 0.1) is 11.8 Å². The lowest BCUT2D eigenvalue weighted by Crippen LogP contribution is -2.11. The third kappa shape index (κ3) is 14.1. The van der Waals surface area contributed by atoms with Crippen molar-refractivity contribution in [2.75, 3.05) is 20.0 Å². The van der Waals surface area contributed by atoms with Crippen molar-refractivity contribution in [3.63, 3.8) is 0 Å². The summed E-state index contributed by atoms with van der Waals surface area (Å²) in [5.74, 6) is 1.31. The highest BCUT2D eigenvalue weighted by Crippen LogP contribution is 2.20. The fraction of sp³-hybridized carbons (Fsp3) is 1.00. The van der Waals surface area contributed by atoms with Crippen molar-refractivity contribution in [1.82, 2.24) is 0 Å². The van der Waals surface area contributed by atoms with Gasteiger partial charge in [0.1, 0.15) is 6.79 Å². The fourth-order valence-corrected chi connectivity index (χ4v) is 2.44. The van der Waals surface area contributed by atoms with E-state index in [2.05, 4.69) is 20.8 Å². The van der Waals surface area contributed by atoms with Crippen LogP contribution >= 0.6 is 0 Å². The molecule has 0 fully saturated rings. The molecule has 0 aromatic rings. The second-order valence-electron chi connectivity index (χ2n) is 5.96. The minimum Gasteiger partial charge on any atom is -0.393 e. The minimum absolute atomic E-state index is 0.175. The fourth-order valence-electron chi connectivity index (χ4n) is 2.44. The van der Waals surface area contributed by atoms with E-state index in [0.29, 0.717) is 18.6 Å². The standard InChI is InChI=1S/C16H34O3/c1-5-6-9-18-13-19-10-7-8-14(2)11-15(3)12-16(4)17/h14-17H,5-13H2,1-4H3. The summed E-state index contributed by atoms with van der Waals surface area (Å²) in [6, 6.07) is 0. The summed E-state index contributed by atoms with van der Waals surface area (Å²) in [5.41, 5.74) is 0. The van der Waals surface area contributed by atoms with Gasteiger partial charge in [0.15, 0.2) is 0 Å². The van der Waals surface area contributed by atoms with Gasteiger partial charge >= 0.3 is 0 Å². The van der Waals surface area contributed by atoms with Crippen LogP contribution in [-0.2, 0) is 9.47 Å². The zero-order valence-electron chi connectivity index (χ0n) is 13.4. The molecule has 19 heavy (non-hydrogen) atoms. The van der Waals surface area contributed by atoms with E-state index in [1.165, 1.54) is 19.3 Å². The van der Waals surface area contributed by atoms with Crippen LogP contribution in [0.15, 0.2) is 0 Å². The molecule has 0 bridgehead atoms. The van der Waals surface area contributed by atoms with E-state index in [4.69, 9.17) is 9.47 Å². The number of aliphatic hydroxyl groups is 1. The second kappa shape index (κ2) is 12.9. The van der Waals surface area contributed by atoms with Gasteiger partial charge in [-0.1, -0.05) is 27.2 Å². The van der Waals surface area contributed by atoms with Gasteiger partial charge in [-0.05, 0) is 50.9 Å². The molecule has 0 amide bonds. The molecule has 3 atom stereocenters. The maximum Gasteiger partial charge on any atom is 0.146 e. The van der Waals surface area contributed by atoms with Gasteiger partial charge in [0.05, 0.1) is 6.10 Å². The van der Waals surface area contributed by atoms with Crippen LogP contribution in [0.25, 0.3) is 0 Å². The van der Waals surface area contributed by atoms with Crippen molar-refractivity contribution in [3.05, 3.63) is 0 Å². The Bertz CT molecular complexity index is 183. The summed E-state index contributed by atoms with van der Waals surface area (Å²) in [4.78, 5) is 0. The third-order valence-electron chi connectivity index (χ3n) is 3.34. The van der Waals surface area contributed by atoms with E-state index in [-0.39, 0.29) is 6.10 Å². The maximum atomic E-state index is 9.34. The molecule has 116 valence electrons. The van der Waals surface area contributed by atoms with Crippen LogP contribution in [0.5, 0.6) is 0 Å². The monoisotopic (exact) mass is 274 g/mol. The van der Waals surface area contributed by atoms with Crippen LogP contribution in [0.3, 0.4) is 0 Å². The SMILES string of the molecule is CCCCOCOCCCC(C)CC(C)CC(C)O. The van der Waals surface area contributed by atoms with Gasteiger partial charge in [0, 0.05) is 13.2 Å². The highest BCUT2D eigenvalue weighted by atomic mass is 16.7. The number of rotatable bonds is 13. The third-order valence-corrected chi connectivity index (χ3v) is 3.34. The van der Waals surface area contributed by atoms with Crippen LogP contribution in [0.1, 0.15) is 66.2 Å². The Morgan fingerprint density at radius 1 is 0.895 bits per heavy atom. The van der Waals surface area contributed by atoms with Crippen LogP contribution in [0.2, 0.25) is 0 Å². The normalized spacial score (nSPS) is 16.3. The Hall–Kier alpha value is -0.120. The lowest BCUT2D eigenvalue weighted by Gasteiger charge is -2.18. The largest absolute Gasteiger partial charge is 0.393 e. The molecule has 0 aromatic heterocycles. The van der Waals surface area contributed by atoms with Crippen LogP contribution in [-0.4, -0.2) is 31.2 Å². The van der Waals surface area contributed by atoms with E-state index >= 15 is 0 Å². The van der Waals surface area contributed by atoms with E-state index in [9.17, 15) is 5.11 Å². The zero-order chi connectivity index (χ0) is 14.5. The molecule has 1 N–H and O–H groups in total. The number of ether oxygens (including phenoxy) is 2. The molecular weight excluding hydrogens is 240 g/mol. The van der Waals surface area contributed by atoms with Crippen molar-refractivity contribution in [1.29, 1.82) is 0 Å². The van der Waals surface area contributed by atoms with Gasteiger partial charge in [-0.15, -0.1) is 0 Å². The molecule has 0 aliphatic heterocycles. The number of hydrogen-bond acceptors (Lipinski definition) is 3. The first-order chi connectivity index (χ1) is 9.06.